The van der Waals surface area contributed by atoms with Crippen LogP contribution < -0.4 is 16.2 Å². The van der Waals surface area contributed by atoms with Gasteiger partial charge in [0.1, 0.15) is 0 Å². The molecule has 3 aromatic rings. The van der Waals surface area contributed by atoms with Crippen LogP contribution in [0.15, 0.2) is 36.4 Å². The van der Waals surface area contributed by atoms with E-state index in [0.717, 1.165) is 22.0 Å². The van der Waals surface area contributed by atoms with E-state index in [0.29, 0.717) is 11.6 Å². The molecule has 2 aromatic carbocycles. The van der Waals surface area contributed by atoms with Crippen molar-refractivity contribution < 1.29 is 4.79 Å². The third kappa shape index (κ3) is 3.28. The first-order valence-electron chi connectivity index (χ1n) is 7.35. The van der Waals surface area contributed by atoms with Crippen molar-refractivity contribution in [2.75, 3.05) is 18.5 Å². The van der Waals surface area contributed by atoms with Crippen molar-refractivity contribution in [3.05, 3.63) is 42.2 Å². The van der Waals surface area contributed by atoms with Crippen LogP contribution in [-0.4, -0.2) is 39.9 Å². The lowest BCUT2D eigenvalue weighted by Gasteiger charge is -2.18. The first kappa shape index (κ1) is 15.8. The number of hydrogen-bond donors (Lipinski definition) is 2. The number of nitrogens with zero attached hydrogens (tertiary/aromatic N) is 5. The van der Waals surface area contributed by atoms with Gasteiger partial charge >= 0.3 is 0 Å². The molecule has 0 saturated carbocycles. The van der Waals surface area contributed by atoms with E-state index in [-0.39, 0.29) is 12.5 Å². The second-order valence-electron chi connectivity index (χ2n) is 5.44. The molecular weight excluding hydrogens is 306 g/mol. The van der Waals surface area contributed by atoms with Gasteiger partial charge in [0.05, 0.1) is 6.54 Å². The maximum atomic E-state index is 11.4. The van der Waals surface area contributed by atoms with Crippen LogP contribution in [0.2, 0.25) is 0 Å². The number of hydrazine groups is 1. The fourth-order valence-corrected chi connectivity index (χ4v) is 2.36. The van der Waals surface area contributed by atoms with Crippen molar-refractivity contribution in [1.82, 2.24) is 25.8 Å². The van der Waals surface area contributed by atoms with Crippen LogP contribution in [0.4, 0.5) is 5.69 Å². The van der Waals surface area contributed by atoms with E-state index in [1.54, 1.807) is 6.92 Å². The summed E-state index contributed by atoms with van der Waals surface area (Å²) in [7, 11) is 1.84. The van der Waals surface area contributed by atoms with E-state index in [2.05, 4.69) is 25.8 Å². The Morgan fingerprint density at radius 3 is 2.46 bits per heavy atom. The van der Waals surface area contributed by atoms with Crippen LogP contribution in [0.1, 0.15) is 5.82 Å². The first-order valence-corrected chi connectivity index (χ1v) is 7.35. The van der Waals surface area contributed by atoms with Crippen molar-refractivity contribution in [3.63, 3.8) is 0 Å². The Balaban J connectivity index is 1.91. The highest BCUT2D eigenvalue weighted by Crippen LogP contribution is 2.25. The number of likely N-dealkylation sites (N-methyl/N-ethyl adjacent to an activating group) is 1. The van der Waals surface area contributed by atoms with E-state index in [1.165, 1.54) is 0 Å². The number of carbonyl (C=O) groups is 1. The molecule has 0 aliphatic rings. The van der Waals surface area contributed by atoms with Gasteiger partial charge in [-0.15, -0.1) is 20.4 Å². The third-order valence-corrected chi connectivity index (χ3v) is 3.64. The highest BCUT2D eigenvalue weighted by atomic mass is 16.2. The number of carbonyl (C=O) groups excluding carboxylic acids is 1. The van der Waals surface area contributed by atoms with Crippen LogP contribution >= 0.6 is 0 Å². The zero-order chi connectivity index (χ0) is 17.1. The maximum Gasteiger partial charge on any atom is 0.253 e. The average molecular weight is 323 g/mol. The molecule has 24 heavy (non-hydrogen) atoms. The van der Waals surface area contributed by atoms with Gasteiger partial charge in [0.2, 0.25) is 5.82 Å². The van der Waals surface area contributed by atoms with Crippen LogP contribution in [-0.2, 0) is 4.79 Å². The summed E-state index contributed by atoms with van der Waals surface area (Å²) in [5.74, 6) is 5.90. The van der Waals surface area contributed by atoms with Crippen LogP contribution in [0.25, 0.3) is 22.2 Å². The first-order chi connectivity index (χ1) is 11.6. The number of nitrogens with two attached hydrogens (primary N) is 1. The van der Waals surface area contributed by atoms with Gasteiger partial charge in [-0.2, -0.15) is 0 Å². The highest BCUT2D eigenvalue weighted by molar-refractivity contribution is 5.90. The predicted octanol–water partition coefficient (Wildman–Crippen LogP) is 0.821. The Bertz CT molecular complexity index is 879. The van der Waals surface area contributed by atoms with Gasteiger partial charge < -0.3 is 4.90 Å². The Morgan fingerprint density at radius 1 is 1.08 bits per heavy atom. The standard InChI is InChI=1S/C16H17N7O/c1-10-19-21-16(22-20-10)13-4-3-12-8-14(6-5-11(12)7-13)23(2)9-15(24)18-17/h3-8H,9,17H2,1-2H3,(H,18,24). The molecule has 3 N–H and O–H groups in total. The molecule has 0 aliphatic heterocycles. The number of hydrogen-bond acceptors (Lipinski definition) is 7. The normalized spacial score (nSPS) is 10.6. The maximum absolute atomic E-state index is 11.4. The van der Waals surface area contributed by atoms with E-state index >= 15 is 0 Å². The molecule has 8 heteroatoms. The van der Waals surface area contributed by atoms with Crippen LogP contribution in [0, 0.1) is 6.92 Å². The van der Waals surface area contributed by atoms with Gasteiger partial charge in [0.25, 0.3) is 5.91 Å². The minimum absolute atomic E-state index is 0.189. The summed E-state index contributed by atoms with van der Waals surface area (Å²) in [4.78, 5) is 13.2. The number of anilines is 1. The number of nitrogens with one attached hydrogen (secondary N) is 1. The lowest BCUT2D eigenvalue weighted by atomic mass is 10.1. The molecule has 0 unspecified atom stereocenters. The van der Waals surface area contributed by atoms with Gasteiger partial charge in [-0.1, -0.05) is 18.2 Å². The van der Waals surface area contributed by atoms with Crippen molar-refractivity contribution >= 4 is 22.4 Å². The SMILES string of the molecule is Cc1nnc(-c2ccc3cc(N(C)CC(=O)NN)ccc3c2)nn1. The number of rotatable bonds is 4. The Morgan fingerprint density at radius 2 is 1.75 bits per heavy atom. The fourth-order valence-electron chi connectivity index (χ4n) is 2.36. The van der Waals surface area contributed by atoms with E-state index in [1.807, 2.05) is 48.3 Å². The largest absolute Gasteiger partial charge is 0.365 e. The molecule has 0 fully saturated rings. The molecule has 3 rings (SSSR count). The smallest absolute Gasteiger partial charge is 0.253 e. The molecule has 8 nitrogen and oxygen atoms in total. The summed E-state index contributed by atoms with van der Waals surface area (Å²) in [6.07, 6.45) is 0. The summed E-state index contributed by atoms with van der Waals surface area (Å²) in [6.45, 7) is 1.93. The van der Waals surface area contributed by atoms with Gasteiger partial charge in [0.15, 0.2) is 5.82 Å². The highest BCUT2D eigenvalue weighted by Gasteiger charge is 2.08. The Kier molecular flexibility index (Phi) is 4.30. The number of fused-ring (bicyclic) bond motifs is 1. The van der Waals surface area contributed by atoms with Crippen molar-refractivity contribution in [3.8, 4) is 11.4 Å². The summed E-state index contributed by atoms with van der Waals surface area (Å²) < 4.78 is 0. The van der Waals surface area contributed by atoms with Crippen LogP contribution in [0.3, 0.4) is 0 Å². The van der Waals surface area contributed by atoms with E-state index in [4.69, 9.17) is 5.84 Å². The second-order valence-corrected chi connectivity index (χ2v) is 5.44. The number of aromatic nitrogens is 4. The van der Waals surface area contributed by atoms with Crippen molar-refractivity contribution in [2.24, 2.45) is 5.84 Å². The number of amides is 1. The lowest BCUT2D eigenvalue weighted by molar-refractivity contribution is -0.119. The Labute approximate surface area is 138 Å². The lowest BCUT2D eigenvalue weighted by Crippen LogP contribution is -2.38. The zero-order valence-corrected chi connectivity index (χ0v) is 13.4. The summed E-state index contributed by atoms with van der Waals surface area (Å²) in [5.41, 5.74) is 3.90. The van der Waals surface area contributed by atoms with Gasteiger partial charge in [-0.05, 0) is 35.9 Å². The zero-order valence-electron chi connectivity index (χ0n) is 13.4. The van der Waals surface area contributed by atoms with Crippen molar-refractivity contribution in [1.29, 1.82) is 0 Å². The molecule has 0 saturated heterocycles. The molecule has 1 amide bonds. The molecule has 0 radical (unpaired) electrons. The number of aryl methyl sites for hydroxylation is 1. The molecule has 1 heterocycles. The number of benzene rings is 2. The van der Waals surface area contributed by atoms with Crippen molar-refractivity contribution in [2.45, 2.75) is 6.92 Å². The average Bonchev–Trinajstić information content (AvgIpc) is 2.61. The van der Waals surface area contributed by atoms with Gasteiger partial charge in [-0.25, -0.2) is 5.84 Å². The third-order valence-electron chi connectivity index (χ3n) is 3.64. The molecule has 0 atom stereocenters. The minimum Gasteiger partial charge on any atom is -0.365 e. The molecular formula is C16H17N7O. The molecule has 0 aliphatic carbocycles. The monoisotopic (exact) mass is 323 g/mol. The molecule has 0 spiro atoms. The van der Waals surface area contributed by atoms with Crippen LogP contribution in [0.5, 0.6) is 0 Å². The Hall–Kier alpha value is -3.13. The summed E-state index contributed by atoms with van der Waals surface area (Å²) in [6, 6.07) is 11.8. The summed E-state index contributed by atoms with van der Waals surface area (Å²) in [5, 5.41) is 18.1. The topological polar surface area (TPSA) is 110 Å². The second kappa shape index (κ2) is 6.55. The quantitative estimate of drug-likeness (QED) is 0.415. The summed E-state index contributed by atoms with van der Waals surface area (Å²) >= 11 is 0. The minimum atomic E-state index is -0.246. The fraction of sp³-hybridized carbons (Fsp3) is 0.188. The van der Waals surface area contributed by atoms with Gasteiger partial charge in [-0.3, -0.25) is 10.2 Å². The molecule has 0 bridgehead atoms. The predicted molar refractivity (Wildman–Crippen MR) is 90.9 cm³/mol. The van der Waals surface area contributed by atoms with E-state index in [9.17, 15) is 4.79 Å². The van der Waals surface area contributed by atoms with E-state index < -0.39 is 0 Å². The van der Waals surface area contributed by atoms with Gasteiger partial charge in [0, 0.05) is 18.3 Å². The molecule has 1 aromatic heterocycles. The molecule has 122 valence electrons.